The van der Waals surface area contributed by atoms with Gasteiger partial charge in [-0.05, 0) is 50.6 Å². The predicted molar refractivity (Wildman–Crippen MR) is 79.9 cm³/mol. The first kappa shape index (κ1) is 13.9. The Morgan fingerprint density at radius 2 is 2.29 bits per heavy atom. The third-order valence-corrected chi connectivity index (χ3v) is 4.37. The van der Waals surface area contributed by atoms with Crippen molar-refractivity contribution in [2.75, 3.05) is 13.6 Å². The van der Waals surface area contributed by atoms with E-state index in [4.69, 9.17) is 0 Å². The zero-order chi connectivity index (χ0) is 14.8. The third-order valence-electron chi connectivity index (χ3n) is 4.37. The number of carbonyl (C=O) groups is 1. The number of benzene rings is 1. The van der Waals surface area contributed by atoms with E-state index in [1.807, 2.05) is 6.07 Å². The van der Waals surface area contributed by atoms with Gasteiger partial charge in [0.25, 0.3) is 0 Å². The highest BCUT2D eigenvalue weighted by Crippen LogP contribution is 2.33. The lowest BCUT2D eigenvalue weighted by molar-refractivity contribution is -0.142. The lowest BCUT2D eigenvalue weighted by Crippen LogP contribution is -2.25. The molecule has 0 saturated carbocycles. The Morgan fingerprint density at radius 1 is 1.43 bits per heavy atom. The summed E-state index contributed by atoms with van der Waals surface area (Å²) in [6, 6.07) is 6.26. The highest BCUT2D eigenvalue weighted by molar-refractivity contribution is 5.78. The normalized spacial score (nSPS) is 23.9. The van der Waals surface area contributed by atoms with Crippen molar-refractivity contribution in [3.05, 3.63) is 36.3 Å². The molecule has 1 saturated heterocycles. The number of rotatable bonds is 2. The molecule has 110 valence electrons. The second-order valence-corrected chi connectivity index (χ2v) is 5.75. The molecular weight excluding hydrogens is 266 g/mol. The Kier molecular flexibility index (Phi) is 3.84. The van der Waals surface area contributed by atoms with E-state index in [0.29, 0.717) is 6.42 Å². The molecule has 2 heterocycles. The molecule has 2 aromatic rings. The highest BCUT2D eigenvalue weighted by Gasteiger charge is 2.29. The van der Waals surface area contributed by atoms with Gasteiger partial charge in [0.05, 0.1) is 11.4 Å². The number of aliphatic carboxylic acids is 1. The van der Waals surface area contributed by atoms with Crippen molar-refractivity contribution in [3.8, 4) is 0 Å². The minimum Gasteiger partial charge on any atom is -0.481 e. The molecular formula is C16H19N3O2. The van der Waals surface area contributed by atoms with Crippen LogP contribution in [0.4, 0.5) is 0 Å². The molecule has 0 spiro atoms. The number of carboxylic acids is 1. The Hall–Kier alpha value is -2.01. The van der Waals surface area contributed by atoms with Crippen LogP contribution in [0.15, 0.2) is 30.7 Å². The number of hydrogen-bond acceptors (Lipinski definition) is 4. The molecule has 21 heavy (non-hydrogen) atoms. The summed E-state index contributed by atoms with van der Waals surface area (Å²) in [6.45, 7) is 0.928. The van der Waals surface area contributed by atoms with Crippen molar-refractivity contribution in [1.29, 1.82) is 0 Å². The molecule has 1 N–H and O–H groups in total. The maximum Gasteiger partial charge on any atom is 0.306 e. The summed E-state index contributed by atoms with van der Waals surface area (Å²) >= 11 is 0. The van der Waals surface area contributed by atoms with E-state index >= 15 is 0 Å². The van der Waals surface area contributed by atoms with Gasteiger partial charge in [0.15, 0.2) is 0 Å². The summed E-state index contributed by atoms with van der Waals surface area (Å²) < 4.78 is 0. The van der Waals surface area contributed by atoms with Gasteiger partial charge in [-0.2, -0.15) is 0 Å². The van der Waals surface area contributed by atoms with Crippen molar-refractivity contribution in [1.82, 2.24) is 14.9 Å². The quantitative estimate of drug-likeness (QED) is 0.918. The molecule has 1 aromatic carbocycles. The largest absolute Gasteiger partial charge is 0.481 e. The number of fused-ring (bicyclic) bond motifs is 1. The van der Waals surface area contributed by atoms with Crippen LogP contribution in [0.2, 0.25) is 0 Å². The van der Waals surface area contributed by atoms with Crippen LogP contribution in [0.25, 0.3) is 10.9 Å². The van der Waals surface area contributed by atoms with Gasteiger partial charge in [0, 0.05) is 17.6 Å². The van der Waals surface area contributed by atoms with E-state index in [9.17, 15) is 9.90 Å². The average Bonchev–Trinajstić information content (AvgIpc) is 2.69. The van der Waals surface area contributed by atoms with Crippen LogP contribution in [-0.2, 0) is 4.79 Å². The first-order chi connectivity index (χ1) is 10.1. The standard InChI is InChI=1S/C16H19N3O2/c1-19-6-2-3-12(16(20)21)8-15(19)11-4-5-14-13(7-11)9-17-10-18-14/h4-5,7,9-10,12,15H,2-3,6,8H2,1H3,(H,20,21). The second-order valence-electron chi connectivity index (χ2n) is 5.75. The van der Waals surface area contributed by atoms with Crippen LogP contribution < -0.4 is 0 Å². The molecule has 5 heteroatoms. The average molecular weight is 285 g/mol. The van der Waals surface area contributed by atoms with E-state index in [2.05, 4.69) is 34.0 Å². The second kappa shape index (κ2) is 5.77. The van der Waals surface area contributed by atoms with Crippen LogP contribution >= 0.6 is 0 Å². The van der Waals surface area contributed by atoms with Crippen LogP contribution in [0, 0.1) is 5.92 Å². The van der Waals surface area contributed by atoms with Gasteiger partial charge >= 0.3 is 5.97 Å². The highest BCUT2D eigenvalue weighted by atomic mass is 16.4. The van der Waals surface area contributed by atoms with E-state index in [1.165, 1.54) is 0 Å². The SMILES string of the molecule is CN1CCCC(C(=O)O)CC1c1ccc2ncncc2c1. The molecule has 1 fully saturated rings. The van der Waals surface area contributed by atoms with Gasteiger partial charge in [-0.1, -0.05) is 6.07 Å². The van der Waals surface area contributed by atoms with Crippen molar-refractivity contribution in [3.63, 3.8) is 0 Å². The number of nitrogens with zero attached hydrogens (tertiary/aromatic N) is 3. The molecule has 0 amide bonds. The molecule has 1 aliphatic rings. The van der Waals surface area contributed by atoms with E-state index < -0.39 is 5.97 Å². The fourth-order valence-electron chi connectivity index (χ4n) is 3.14. The number of aromatic nitrogens is 2. The number of likely N-dealkylation sites (tertiary alicyclic amines) is 1. The van der Waals surface area contributed by atoms with Crippen LogP contribution in [0.3, 0.4) is 0 Å². The molecule has 1 aromatic heterocycles. The number of carboxylic acid groups (broad SMARTS) is 1. The summed E-state index contributed by atoms with van der Waals surface area (Å²) in [7, 11) is 2.07. The van der Waals surface area contributed by atoms with Gasteiger partial charge in [-0.3, -0.25) is 9.69 Å². The summed E-state index contributed by atoms with van der Waals surface area (Å²) in [5.41, 5.74) is 2.06. The van der Waals surface area contributed by atoms with Gasteiger partial charge in [0.2, 0.25) is 0 Å². The van der Waals surface area contributed by atoms with Gasteiger partial charge in [-0.15, -0.1) is 0 Å². The molecule has 2 atom stereocenters. The first-order valence-corrected chi connectivity index (χ1v) is 7.28. The Bertz CT molecular complexity index is 659. The summed E-state index contributed by atoms with van der Waals surface area (Å²) in [5, 5.41) is 10.3. The van der Waals surface area contributed by atoms with Crippen molar-refractivity contribution in [2.24, 2.45) is 5.92 Å². The topological polar surface area (TPSA) is 66.3 Å². The Morgan fingerprint density at radius 3 is 3.10 bits per heavy atom. The van der Waals surface area contributed by atoms with E-state index in [0.717, 1.165) is 35.9 Å². The maximum absolute atomic E-state index is 11.4. The molecule has 5 nitrogen and oxygen atoms in total. The zero-order valence-electron chi connectivity index (χ0n) is 12.1. The summed E-state index contributed by atoms with van der Waals surface area (Å²) in [6.07, 6.45) is 5.69. The monoisotopic (exact) mass is 285 g/mol. The molecule has 2 unspecified atom stereocenters. The van der Waals surface area contributed by atoms with Crippen LogP contribution in [0.1, 0.15) is 30.9 Å². The third kappa shape index (κ3) is 2.88. The van der Waals surface area contributed by atoms with Crippen molar-refractivity contribution in [2.45, 2.75) is 25.3 Å². The number of hydrogen-bond donors (Lipinski definition) is 1. The van der Waals surface area contributed by atoms with Crippen molar-refractivity contribution >= 4 is 16.9 Å². The zero-order valence-corrected chi connectivity index (χ0v) is 12.1. The van der Waals surface area contributed by atoms with E-state index in [-0.39, 0.29) is 12.0 Å². The summed E-state index contributed by atoms with van der Waals surface area (Å²) in [5.74, 6) is -0.943. The predicted octanol–water partition coefficient (Wildman–Crippen LogP) is 2.49. The Labute approximate surface area is 123 Å². The Balaban J connectivity index is 1.95. The fraction of sp³-hybridized carbons (Fsp3) is 0.438. The van der Waals surface area contributed by atoms with Gasteiger partial charge < -0.3 is 5.11 Å². The lowest BCUT2D eigenvalue weighted by Gasteiger charge is -2.27. The summed E-state index contributed by atoms with van der Waals surface area (Å²) in [4.78, 5) is 21.9. The maximum atomic E-state index is 11.4. The fourth-order valence-corrected chi connectivity index (χ4v) is 3.14. The van der Waals surface area contributed by atoms with Crippen LogP contribution in [0.5, 0.6) is 0 Å². The molecule has 0 aliphatic carbocycles. The van der Waals surface area contributed by atoms with Crippen molar-refractivity contribution < 1.29 is 9.90 Å². The minimum atomic E-state index is -0.681. The molecule has 0 radical (unpaired) electrons. The molecule has 0 bridgehead atoms. The molecule has 3 rings (SSSR count). The van der Waals surface area contributed by atoms with Crippen LogP contribution in [-0.4, -0.2) is 39.5 Å². The van der Waals surface area contributed by atoms with E-state index in [1.54, 1.807) is 12.5 Å². The molecule has 1 aliphatic heterocycles. The minimum absolute atomic E-state index is 0.137. The van der Waals surface area contributed by atoms with Gasteiger partial charge in [-0.25, -0.2) is 9.97 Å². The van der Waals surface area contributed by atoms with Gasteiger partial charge in [0.1, 0.15) is 6.33 Å². The first-order valence-electron chi connectivity index (χ1n) is 7.28. The smallest absolute Gasteiger partial charge is 0.306 e. The lowest BCUT2D eigenvalue weighted by atomic mass is 9.92.